The van der Waals surface area contributed by atoms with Gasteiger partial charge in [0.15, 0.2) is 14.9 Å². The van der Waals surface area contributed by atoms with Crippen LogP contribution in [-0.4, -0.2) is 57.2 Å². The van der Waals surface area contributed by atoms with Crippen molar-refractivity contribution in [3.8, 4) is 5.75 Å². The second-order valence-electron chi connectivity index (χ2n) is 6.20. The fourth-order valence-electron chi connectivity index (χ4n) is 2.67. The van der Waals surface area contributed by atoms with Crippen molar-refractivity contribution in [3.63, 3.8) is 0 Å². The molecular weight excluding hydrogens is 374 g/mol. The van der Waals surface area contributed by atoms with Gasteiger partial charge in [-0.3, -0.25) is 4.79 Å². The van der Waals surface area contributed by atoms with E-state index in [0.29, 0.717) is 24.6 Å². The third-order valence-corrected chi connectivity index (χ3v) is 6.15. The Morgan fingerprint density at radius 1 is 1.23 bits per heavy atom. The molecule has 1 aromatic rings. The van der Waals surface area contributed by atoms with Crippen molar-refractivity contribution >= 4 is 33.1 Å². The zero-order chi connectivity index (χ0) is 19.0. The predicted octanol–water partition coefficient (Wildman–Crippen LogP) is 0.395. The summed E-state index contributed by atoms with van der Waals surface area (Å²) >= 11 is 5.18. The molecule has 0 bridgehead atoms. The minimum absolute atomic E-state index is 0.0392. The molecule has 144 valence electrons. The van der Waals surface area contributed by atoms with E-state index in [1.165, 1.54) is 5.56 Å². The summed E-state index contributed by atoms with van der Waals surface area (Å²) in [5, 5.41) is 9.32. The molecule has 1 unspecified atom stereocenters. The first kappa shape index (κ1) is 20.4. The van der Waals surface area contributed by atoms with Crippen molar-refractivity contribution in [1.29, 1.82) is 0 Å². The van der Waals surface area contributed by atoms with E-state index in [9.17, 15) is 13.2 Å². The Morgan fingerprint density at radius 3 is 2.54 bits per heavy atom. The van der Waals surface area contributed by atoms with Crippen LogP contribution < -0.4 is 20.7 Å². The van der Waals surface area contributed by atoms with E-state index < -0.39 is 9.84 Å². The second-order valence-corrected chi connectivity index (χ2v) is 8.84. The van der Waals surface area contributed by atoms with Gasteiger partial charge in [-0.05, 0) is 42.8 Å². The van der Waals surface area contributed by atoms with Gasteiger partial charge in [-0.1, -0.05) is 12.1 Å². The SMILES string of the molecule is COc1ccc(CCNC(=S)NCCC(=O)NC2CCS(=O)(=O)C2)cc1. The lowest BCUT2D eigenvalue weighted by molar-refractivity contribution is -0.121. The molecule has 0 aliphatic carbocycles. The molecule has 1 atom stereocenters. The van der Waals surface area contributed by atoms with E-state index in [2.05, 4.69) is 16.0 Å². The van der Waals surface area contributed by atoms with Crippen LogP contribution in [0.1, 0.15) is 18.4 Å². The quantitative estimate of drug-likeness (QED) is 0.544. The lowest BCUT2D eigenvalue weighted by Crippen LogP contribution is -2.40. The van der Waals surface area contributed by atoms with Gasteiger partial charge in [-0.15, -0.1) is 0 Å². The van der Waals surface area contributed by atoms with Crippen LogP contribution in [0.15, 0.2) is 24.3 Å². The standard InChI is InChI=1S/C17H25N3O4S2/c1-24-15-4-2-13(3-5-15)6-9-18-17(25)19-10-7-16(21)20-14-8-11-26(22,23)12-14/h2-5,14H,6-12H2,1H3,(H,20,21)(H2,18,19,25). The van der Waals surface area contributed by atoms with Gasteiger partial charge in [0.1, 0.15) is 5.75 Å². The first-order valence-corrected chi connectivity index (χ1v) is 10.8. The summed E-state index contributed by atoms with van der Waals surface area (Å²) < 4.78 is 27.8. The minimum Gasteiger partial charge on any atom is -0.497 e. The third-order valence-electron chi connectivity index (χ3n) is 4.09. The second kappa shape index (κ2) is 9.72. The van der Waals surface area contributed by atoms with Crippen LogP contribution in [0, 0.1) is 0 Å². The Balaban J connectivity index is 1.56. The summed E-state index contributed by atoms with van der Waals surface area (Å²) in [6.45, 7) is 1.09. The van der Waals surface area contributed by atoms with Gasteiger partial charge < -0.3 is 20.7 Å². The average Bonchev–Trinajstić information content (AvgIpc) is 2.94. The maximum atomic E-state index is 11.8. The van der Waals surface area contributed by atoms with E-state index >= 15 is 0 Å². The van der Waals surface area contributed by atoms with Crippen LogP contribution in [0.25, 0.3) is 0 Å². The lowest BCUT2D eigenvalue weighted by Gasteiger charge is -2.13. The summed E-state index contributed by atoms with van der Waals surface area (Å²) in [7, 11) is -1.34. The van der Waals surface area contributed by atoms with Gasteiger partial charge in [-0.2, -0.15) is 0 Å². The minimum atomic E-state index is -2.98. The van der Waals surface area contributed by atoms with E-state index in [-0.39, 0.29) is 29.9 Å². The summed E-state index contributed by atoms with van der Waals surface area (Å²) in [4.78, 5) is 11.8. The predicted molar refractivity (Wildman–Crippen MR) is 105 cm³/mol. The highest BCUT2D eigenvalue weighted by Crippen LogP contribution is 2.12. The maximum Gasteiger partial charge on any atom is 0.222 e. The molecule has 1 aliphatic heterocycles. The fourth-order valence-corrected chi connectivity index (χ4v) is 4.55. The number of methoxy groups -OCH3 is 1. The Kier molecular flexibility index (Phi) is 7.65. The molecule has 26 heavy (non-hydrogen) atoms. The van der Waals surface area contributed by atoms with E-state index in [0.717, 1.165) is 12.2 Å². The summed E-state index contributed by atoms with van der Waals surface area (Å²) in [6, 6.07) is 7.58. The number of hydrogen-bond donors (Lipinski definition) is 3. The molecule has 1 saturated heterocycles. The van der Waals surface area contributed by atoms with Crippen LogP contribution in [0.3, 0.4) is 0 Å². The number of benzene rings is 1. The van der Waals surface area contributed by atoms with Crippen molar-refractivity contribution in [2.45, 2.75) is 25.3 Å². The third kappa shape index (κ3) is 7.17. The molecule has 3 N–H and O–H groups in total. The molecular formula is C17H25N3O4S2. The first-order valence-electron chi connectivity index (χ1n) is 8.52. The van der Waals surface area contributed by atoms with Crippen molar-refractivity contribution in [3.05, 3.63) is 29.8 Å². The Bertz CT molecular complexity index is 720. The number of thiocarbonyl (C=S) groups is 1. The molecule has 1 aliphatic rings. The van der Waals surface area contributed by atoms with Crippen molar-refractivity contribution in [2.24, 2.45) is 0 Å². The number of ether oxygens (including phenoxy) is 1. The Labute approximate surface area is 159 Å². The number of rotatable bonds is 8. The highest BCUT2D eigenvalue weighted by Gasteiger charge is 2.28. The van der Waals surface area contributed by atoms with E-state index in [1.807, 2.05) is 24.3 Å². The van der Waals surface area contributed by atoms with Gasteiger partial charge in [-0.25, -0.2) is 8.42 Å². The molecule has 1 amide bonds. The molecule has 7 nitrogen and oxygen atoms in total. The summed E-state index contributed by atoms with van der Waals surface area (Å²) in [5.74, 6) is 0.851. The normalized spacial score (nSPS) is 18.1. The van der Waals surface area contributed by atoms with Crippen LogP contribution >= 0.6 is 12.2 Å². The molecule has 2 rings (SSSR count). The summed E-state index contributed by atoms with van der Waals surface area (Å²) in [6.07, 6.45) is 1.56. The van der Waals surface area contributed by atoms with Crippen molar-refractivity contribution < 1.29 is 17.9 Å². The van der Waals surface area contributed by atoms with Crippen LogP contribution in [-0.2, 0) is 21.1 Å². The van der Waals surface area contributed by atoms with Crippen LogP contribution in [0.5, 0.6) is 5.75 Å². The topological polar surface area (TPSA) is 96.5 Å². The first-order chi connectivity index (χ1) is 12.4. The molecule has 0 radical (unpaired) electrons. The van der Waals surface area contributed by atoms with Crippen molar-refractivity contribution in [2.75, 3.05) is 31.7 Å². The maximum absolute atomic E-state index is 11.8. The fraction of sp³-hybridized carbons (Fsp3) is 0.529. The highest BCUT2D eigenvalue weighted by atomic mass is 32.2. The number of carbonyl (C=O) groups is 1. The number of sulfone groups is 1. The van der Waals surface area contributed by atoms with Gasteiger partial charge in [0.05, 0.1) is 18.6 Å². The molecule has 1 fully saturated rings. The summed E-state index contributed by atoms with van der Waals surface area (Å²) in [5.41, 5.74) is 1.17. The van der Waals surface area contributed by atoms with Crippen LogP contribution in [0.4, 0.5) is 0 Å². The van der Waals surface area contributed by atoms with Gasteiger partial charge in [0.2, 0.25) is 5.91 Å². The zero-order valence-corrected chi connectivity index (χ0v) is 16.4. The lowest BCUT2D eigenvalue weighted by atomic mass is 10.1. The molecule has 0 aromatic heterocycles. The molecule has 1 heterocycles. The van der Waals surface area contributed by atoms with Crippen molar-refractivity contribution in [1.82, 2.24) is 16.0 Å². The number of hydrogen-bond acceptors (Lipinski definition) is 5. The number of carbonyl (C=O) groups excluding carboxylic acids is 1. The van der Waals surface area contributed by atoms with E-state index in [4.69, 9.17) is 17.0 Å². The van der Waals surface area contributed by atoms with E-state index in [1.54, 1.807) is 7.11 Å². The van der Waals surface area contributed by atoms with Gasteiger partial charge in [0.25, 0.3) is 0 Å². The number of nitrogens with one attached hydrogen (secondary N) is 3. The highest BCUT2D eigenvalue weighted by molar-refractivity contribution is 7.91. The largest absolute Gasteiger partial charge is 0.497 e. The van der Waals surface area contributed by atoms with Crippen LogP contribution in [0.2, 0.25) is 0 Å². The zero-order valence-electron chi connectivity index (χ0n) is 14.8. The monoisotopic (exact) mass is 399 g/mol. The smallest absolute Gasteiger partial charge is 0.222 e. The van der Waals surface area contributed by atoms with Gasteiger partial charge in [0, 0.05) is 25.6 Å². The average molecular weight is 400 g/mol. The van der Waals surface area contributed by atoms with Gasteiger partial charge >= 0.3 is 0 Å². The Hall–Kier alpha value is -1.87. The number of amides is 1. The molecule has 0 saturated carbocycles. The molecule has 1 aromatic carbocycles. The molecule has 0 spiro atoms. The molecule has 9 heteroatoms. The Morgan fingerprint density at radius 2 is 1.92 bits per heavy atom.